The Morgan fingerprint density at radius 3 is 2.81 bits per heavy atom. The first-order valence-corrected chi connectivity index (χ1v) is 8.47. The molecule has 0 fully saturated rings. The molecule has 134 valence electrons. The lowest BCUT2D eigenvalue weighted by Gasteiger charge is -2.28. The molecule has 0 saturated carbocycles. The Hall–Kier alpha value is -3.03. The molecule has 0 saturated heterocycles. The van der Waals surface area contributed by atoms with Crippen molar-refractivity contribution in [3.63, 3.8) is 0 Å². The van der Waals surface area contributed by atoms with Gasteiger partial charge >= 0.3 is 0 Å². The van der Waals surface area contributed by atoms with Crippen molar-refractivity contribution in [1.82, 2.24) is 19.9 Å². The molecular formula is C18H18FN5O2. The van der Waals surface area contributed by atoms with E-state index in [1.54, 1.807) is 17.3 Å². The predicted molar refractivity (Wildman–Crippen MR) is 92.1 cm³/mol. The van der Waals surface area contributed by atoms with E-state index in [-0.39, 0.29) is 5.91 Å². The maximum atomic E-state index is 12.9. The molecule has 0 N–H and O–H groups in total. The number of hydrogen-bond acceptors (Lipinski definition) is 6. The van der Waals surface area contributed by atoms with Crippen LogP contribution in [0.2, 0.25) is 0 Å². The second-order valence-corrected chi connectivity index (χ2v) is 6.19. The lowest BCUT2D eigenvalue weighted by atomic mass is 10.1. The number of carbonyl (C=O) groups is 1. The van der Waals surface area contributed by atoms with E-state index < -0.39 is 5.82 Å². The van der Waals surface area contributed by atoms with Gasteiger partial charge in [-0.25, -0.2) is 14.4 Å². The zero-order chi connectivity index (χ0) is 17.9. The number of amides is 1. The summed E-state index contributed by atoms with van der Waals surface area (Å²) in [5, 5.41) is 0. The van der Waals surface area contributed by atoms with E-state index in [4.69, 9.17) is 4.74 Å². The maximum absolute atomic E-state index is 12.9. The van der Waals surface area contributed by atoms with Crippen LogP contribution in [0.1, 0.15) is 12.0 Å². The number of carbonyl (C=O) groups excluding carboxylic acids is 1. The summed E-state index contributed by atoms with van der Waals surface area (Å²) in [6, 6.07) is 1.82. The second kappa shape index (κ2) is 7.07. The van der Waals surface area contributed by atoms with Crippen molar-refractivity contribution < 1.29 is 13.9 Å². The summed E-state index contributed by atoms with van der Waals surface area (Å²) in [4.78, 5) is 28.7. The fraction of sp³-hybridized carbons (Fsp3) is 0.333. The minimum Gasteiger partial charge on any atom is -0.491 e. The molecule has 2 aliphatic rings. The third-order valence-electron chi connectivity index (χ3n) is 4.50. The van der Waals surface area contributed by atoms with Gasteiger partial charge in [0.2, 0.25) is 11.9 Å². The molecule has 0 bridgehead atoms. The smallest absolute Gasteiger partial charge is 0.250 e. The molecule has 7 nitrogen and oxygen atoms in total. The van der Waals surface area contributed by atoms with Gasteiger partial charge in [-0.1, -0.05) is 6.08 Å². The Morgan fingerprint density at radius 1 is 1.19 bits per heavy atom. The van der Waals surface area contributed by atoms with E-state index in [0.29, 0.717) is 45.2 Å². The minimum absolute atomic E-state index is 0.0185. The summed E-state index contributed by atoms with van der Waals surface area (Å²) in [6.07, 6.45) is 8.21. The van der Waals surface area contributed by atoms with Gasteiger partial charge in [0.1, 0.15) is 12.4 Å². The molecule has 26 heavy (non-hydrogen) atoms. The molecule has 2 aromatic heterocycles. The monoisotopic (exact) mass is 355 g/mol. The minimum atomic E-state index is -0.463. The number of ether oxygens (including phenoxy) is 1. The molecule has 4 heterocycles. The van der Waals surface area contributed by atoms with Gasteiger partial charge in [-0.15, -0.1) is 0 Å². The molecule has 0 aromatic carbocycles. The normalized spacial score (nSPS) is 17.0. The summed E-state index contributed by atoms with van der Waals surface area (Å²) < 4.78 is 18.6. The summed E-state index contributed by atoms with van der Waals surface area (Å²) in [5.74, 6) is 0.810. The van der Waals surface area contributed by atoms with Gasteiger partial charge in [-0.3, -0.25) is 9.78 Å². The molecular weight excluding hydrogens is 337 g/mol. The van der Waals surface area contributed by atoms with E-state index in [9.17, 15) is 9.18 Å². The van der Waals surface area contributed by atoms with Crippen LogP contribution in [0, 0.1) is 5.82 Å². The third-order valence-corrected chi connectivity index (χ3v) is 4.50. The summed E-state index contributed by atoms with van der Waals surface area (Å²) >= 11 is 0. The number of nitrogens with zero attached hydrogens (tertiary/aromatic N) is 5. The molecule has 1 amide bonds. The Balaban J connectivity index is 1.45. The molecule has 4 rings (SSSR count). The van der Waals surface area contributed by atoms with Gasteiger partial charge in [0.25, 0.3) is 0 Å². The SMILES string of the molecule is O=C(C1=CCN(c2ncc(F)cn2)CC1)N1CCOc2ccncc2C1. The van der Waals surface area contributed by atoms with Crippen LogP contribution in [-0.4, -0.2) is 52.0 Å². The standard InChI is InChI=1S/C18H18FN5O2/c19-15-10-21-18(22-11-15)23-5-2-13(3-6-23)17(25)24-7-8-26-16-1-4-20-9-14(16)12-24/h1-2,4,9-11H,3,5-8,12H2. The number of rotatable bonds is 2. The van der Waals surface area contributed by atoms with Gasteiger partial charge in [-0.2, -0.15) is 0 Å². The molecule has 8 heteroatoms. The maximum Gasteiger partial charge on any atom is 0.250 e. The van der Waals surface area contributed by atoms with Crippen molar-refractivity contribution in [1.29, 1.82) is 0 Å². The highest BCUT2D eigenvalue weighted by Gasteiger charge is 2.25. The highest BCUT2D eigenvalue weighted by molar-refractivity contribution is 5.94. The van der Waals surface area contributed by atoms with Crippen molar-refractivity contribution in [3.05, 3.63) is 53.9 Å². The van der Waals surface area contributed by atoms with Gasteiger partial charge in [0.05, 0.1) is 25.5 Å². The van der Waals surface area contributed by atoms with E-state index in [0.717, 1.165) is 29.3 Å². The van der Waals surface area contributed by atoms with E-state index in [1.165, 1.54) is 0 Å². The number of anilines is 1. The highest BCUT2D eigenvalue weighted by atomic mass is 19.1. The fourth-order valence-electron chi connectivity index (χ4n) is 3.11. The Bertz CT molecular complexity index is 840. The predicted octanol–water partition coefficient (Wildman–Crippen LogP) is 1.57. The average Bonchev–Trinajstić information content (AvgIpc) is 2.91. The van der Waals surface area contributed by atoms with Gasteiger partial charge in [0.15, 0.2) is 5.82 Å². The third kappa shape index (κ3) is 3.35. The van der Waals surface area contributed by atoms with Gasteiger partial charge < -0.3 is 14.5 Å². The van der Waals surface area contributed by atoms with Crippen LogP contribution in [-0.2, 0) is 11.3 Å². The fourth-order valence-corrected chi connectivity index (χ4v) is 3.11. The van der Waals surface area contributed by atoms with Crippen molar-refractivity contribution in [2.75, 3.05) is 31.1 Å². The largest absolute Gasteiger partial charge is 0.491 e. The zero-order valence-electron chi connectivity index (χ0n) is 14.1. The van der Waals surface area contributed by atoms with Gasteiger partial charge in [0, 0.05) is 36.6 Å². The van der Waals surface area contributed by atoms with E-state index in [2.05, 4.69) is 15.0 Å². The Kier molecular flexibility index (Phi) is 4.47. The second-order valence-electron chi connectivity index (χ2n) is 6.19. The highest BCUT2D eigenvalue weighted by Crippen LogP contribution is 2.24. The average molecular weight is 355 g/mol. The van der Waals surface area contributed by atoms with E-state index in [1.807, 2.05) is 17.0 Å². The van der Waals surface area contributed by atoms with Crippen molar-refractivity contribution in [2.45, 2.75) is 13.0 Å². The molecule has 2 aromatic rings. The number of halogens is 1. The molecule has 0 spiro atoms. The first kappa shape index (κ1) is 16.4. The van der Waals surface area contributed by atoms with Crippen LogP contribution in [0.5, 0.6) is 5.75 Å². The first-order valence-electron chi connectivity index (χ1n) is 8.47. The molecule has 0 aliphatic carbocycles. The Morgan fingerprint density at radius 2 is 2.04 bits per heavy atom. The lowest BCUT2D eigenvalue weighted by Crippen LogP contribution is -2.37. The summed E-state index contributed by atoms with van der Waals surface area (Å²) in [6.45, 7) is 2.63. The molecule has 0 atom stereocenters. The zero-order valence-corrected chi connectivity index (χ0v) is 14.1. The van der Waals surface area contributed by atoms with Gasteiger partial charge in [-0.05, 0) is 12.5 Å². The van der Waals surface area contributed by atoms with Crippen LogP contribution in [0.3, 0.4) is 0 Å². The quantitative estimate of drug-likeness (QED) is 0.814. The van der Waals surface area contributed by atoms with Crippen LogP contribution in [0.15, 0.2) is 42.5 Å². The number of hydrogen-bond donors (Lipinski definition) is 0. The number of fused-ring (bicyclic) bond motifs is 1. The number of pyridine rings is 1. The lowest BCUT2D eigenvalue weighted by molar-refractivity contribution is -0.128. The van der Waals surface area contributed by atoms with Crippen molar-refractivity contribution in [2.24, 2.45) is 0 Å². The van der Waals surface area contributed by atoms with Crippen LogP contribution < -0.4 is 9.64 Å². The van der Waals surface area contributed by atoms with Crippen LogP contribution in [0.25, 0.3) is 0 Å². The molecule has 0 unspecified atom stereocenters. The summed E-state index contributed by atoms with van der Waals surface area (Å²) in [5.41, 5.74) is 1.69. The van der Waals surface area contributed by atoms with Crippen LogP contribution in [0.4, 0.5) is 10.3 Å². The topological polar surface area (TPSA) is 71.5 Å². The first-order chi connectivity index (χ1) is 12.7. The Labute approximate surface area is 150 Å². The number of aromatic nitrogens is 3. The van der Waals surface area contributed by atoms with E-state index >= 15 is 0 Å². The van der Waals surface area contributed by atoms with Crippen LogP contribution >= 0.6 is 0 Å². The van der Waals surface area contributed by atoms with Crippen molar-refractivity contribution in [3.8, 4) is 5.75 Å². The summed E-state index contributed by atoms with van der Waals surface area (Å²) in [7, 11) is 0. The molecule has 2 aliphatic heterocycles. The molecule has 0 radical (unpaired) electrons. The van der Waals surface area contributed by atoms with Crippen molar-refractivity contribution >= 4 is 11.9 Å².